The van der Waals surface area contributed by atoms with E-state index in [1.807, 2.05) is 0 Å². The number of thiazole rings is 1. The van der Waals surface area contributed by atoms with Crippen molar-refractivity contribution in [2.24, 2.45) is 0 Å². The third-order valence-corrected chi connectivity index (χ3v) is 4.48. The van der Waals surface area contributed by atoms with Gasteiger partial charge in [-0.3, -0.25) is 0 Å². The molecule has 1 N–H and O–H groups in total. The smallest absolute Gasteiger partial charge is 0.0900 e. The van der Waals surface area contributed by atoms with E-state index < -0.39 is 0 Å². The van der Waals surface area contributed by atoms with Gasteiger partial charge < -0.3 is 5.32 Å². The summed E-state index contributed by atoms with van der Waals surface area (Å²) in [7, 11) is 0. The maximum absolute atomic E-state index is 4.48. The molecule has 2 rings (SSSR count). The number of aryl methyl sites for hydroxylation is 4. The van der Waals surface area contributed by atoms with E-state index >= 15 is 0 Å². The highest BCUT2D eigenvalue weighted by Crippen LogP contribution is 2.28. The van der Waals surface area contributed by atoms with E-state index in [4.69, 9.17) is 0 Å². The highest BCUT2D eigenvalue weighted by molar-refractivity contribution is 7.11. The van der Waals surface area contributed by atoms with Gasteiger partial charge in [0.05, 0.1) is 16.7 Å². The van der Waals surface area contributed by atoms with Crippen LogP contribution in [0.4, 0.5) is 5.69 Å². The lowest BCUT2D eigenvalue weighted by Crippen LogP contribution is -2.06. The Balaban J connectivity index is 2.18. The molecule has 96 valence electrons. The van der Waals surface area contributed by atoms with E-state index in [0.717, 1.165) is 10.7 Å². The van der Waals surface area contributed by atoms with Crippen LogP contribution >= 0.6 is 11.3 Å². The molecule has 0 fully saturated rings. The van der Waals surface area contributed by atoms with Gasteiger partial charge in [0.15, 0.2) is 0 Å². The summed E-state index contributed by atoms with van der Waals surface area (Å²) >= 11 is 1.78. The quantitative estimate of drug-likeness (QED) is 0.875. The Labute approximate surface area is 113 Å². The van der Waals surface area contributed by atoms with E-state index in [1.165, 1.54) is 21.7 Å². The van der Waals surface area contributed by atoms with E-state index in [9.17, 15) is 0 Å². The molecule has 2 nitrogen and oxygen atoms in total. The van der Waals surface area contributed by atoms with Crippen LogP contribution in [0.15, 0.2) is 18.2 Å². The number of nitrogens with zero attached hydrogens (tertiary/aromatic N) is 1. The van der Waals surface area contributed by atoms with E-state index in [1.54, 1.807) is 11.3 Å². The number of anilines is 1. The largest absolute Gasteiger partial charge is 0.378 e. The van der Waals surface area contributed by atoms with Crippen LogP contribution in [0.25, 0.3) is 0 Å². The molecule has 18 heavy (non-hydrogen) atoms. The molecule has 0 saturated heterocycles. The number of hydrogen-bond acceptors (Lipinski definition) is 3. The molecule has 0 aliphatic rings. The van der Waals surface area contributed by atoms with Crippen LogP contribution in [0.3, 0.4) is 0 Å². The molecule has 1 unspecified atom stereocenters. The highest BCUT2D eigenvalue weighted by Gasteiger charge is 2.12. The predicted octanol–water partition coefficient (Wildman–Crippen LogP) is 4.55. The first kappa shape index (κ1) is 13.1. The number of benzene rings is 1. The molecule has 2 aromatic rings. The van der Waals surface area contributed by atoms with Crippen molar-refractivity contribution >= 4 is 17.0 Å². The van der Waals surface area contributed by atoms with Crippen molar-refractivity contribution in [3.05, 3.63) is 44.9 Å². The van der Waals surface area contributed by atoms with Gasteiger partial charge in [0.1, 0.15) is 0 Å². The summed E-state index contributed by atoms with van der Waals surface area (Å²) in [6.45, 7) is 10.6. The number of nitrogens with one attached hydrogen (secondary N) is 1. The zero-order valence-corrected chi connectivity index (χ0v) is 12.5. The Bertz CT molecular complexity index is 558. The molecule has 0 amide bonds. The molecule has 1 aromatic carbocycles. The summed E-state index contributed by atoms with van der Waals surface area (Å²) < 4.78 is 0. The van der Waals surface area contributed by atoms with Gasteiger partial charge in [-0.1, -0.05) is 6.07 Å². The average molecular weight is 260 g/mol. The molecule has 0 aliphatic heterocycles. The molecular formula is C15H20N2S. The Morgan fingerprint density at radius 1 is 1.11 bits per heavy atom. The lowest BCUT2D eigenvalue weighted by molar-refractivity contribution is 0.889. The summed E-state index contributed by atoms with van der Waals surface area (Å²) in [5, 5.41) is 4.69. The molecule has 1 heterocycles. The van der Waals surface area contributed by atoms with Crippen LogP contribution in [0.2, 0.25) is 0 Å². The minimum Gasteiger partial charge on any atom is -0.378 e. The molecule has 3 heteroatoms. The van der Waals surface area contributed by atoms with Crippen LogP contribution in [0.5, 0.6) is 0 Å². The summed E-state index contributed by atoms with van der Waals surface area (Å²) in [6.07, 6.45) is 0. The molecule has 1 aromatic heterocycles. The fourth-order valence-corrected chi connectivity index (χ4v) is 3.03. The normalized spacial score (nSPS) is 12.5. The van der Waals surface area contributed by atoms with Gasteiger partial charge in [-0.15, -0.1) is 11.3 Å². The SMILES string of the molecule is Cc1nc(C)c(C(C)Nc2ccc(C)c(C)c2)s1. The van der Waals surface area contributed by atoms with Crippen LogP contribution in [-0.4, -0.2) is 4.98 Å². The molecule has 0 bridgehead atoms. The first-order valence-corrected chi connectivity index (χ1v) is 7.06. The highest BCUT2D eigenvalue weighted by atomic mass is 32.1. The van der Waals surface area contributed by atoms with Crippen molar-refractivity contribution in [3.63, 3.8) is 0 Å². The molecule has 0 aliphatic carbocycles. The van der Waals surface area contributed by atoms with Crippen molar-refractivity contribution in [1.82, 2.24) is 4.98 Å². The Morgan fingerprint density at radius 3 is 2.39 bits per heavy atom. The van der Waals surface area contributed by atoms with Gasteiger partial charge in [0, 0.05) is 10.6 Å². The molecule has 0 saturated carbocycles. The van der Waals surface area contributed by atoms with E-state index in [0.29, 0.717) is 6.04 Å². The molecule has 0 radical (unpaired) electrons. The van der Waals surface area contributed by atoms with Crippen molar-refractivity contribution in [1.29, 1.82) is 0 Å². The third kappa shape index (κ3) is 2.72. The topological polar surface area (TPSA) is 24.9 Å². The fraction of sp³-hybridized carbons (Fsp3) is 0.400. The Kier molecular flexibility index (Phi) is 3.71. The summed E-state index contributed by atoms with van der Waals surface area (Å²) in [5.74, 6) is 0. The van der Waals surface area contributed by atoms with Crippen molar-refractivity contribution in [2.75, 3.05) is 5.32 Å². The molecule has 1 atom stereocenters. The van der Waals surface area contributed by atoms with Crippen LogP contribution < -0.4 is 5.32 Å². The van der Waals surface area contributed by atoms with Gasteiger partial charge >= 0.3 is 0 Å². The summed E-state index contributed by atoms with van der Waals surface area (Å²) in [4.78, 5) is 5.81. The minimum atomic E-state index is 0.304. The average Bonchev–Trinajstić information content (AvgIpc) is 2.63. The van der Waals surface area contributed by atoms with Crippen LogP contribution in [-0.2, 0) is 0 Å². The maximum Gasteiger partial charge on any atom is 0.0900 e. The Morgan fingerprint density at radius 2 is 1.83 bits per heavy atom. The Hall–Kier alpha value is -1.35. The zero-order chi connectivity index (χ0) is 13.3. The lowest BCUT2D eigenvalue weighted by Gasteiger charge is -2.15. The third-order valence-electron chi connectivity index (χ3n) is 3.22. The second-order valence-electron chi connectivity index (χ2n) is 4.85. The summed E-state index contributed by atoms with van der Waals surface area (Å²) in [6, 6.07) is 6.81. The molecular weight excluding hydrogens is 240 g/mol. The van der Waals surface area contributed by atoms with Crippen molar-refractivity contribution in [2.45, 2.75) is 40.7 Å². The van der Waals surface area contributed by atoms with Crippen molar-refractivity contribution in [3.8, 4) is 0 Å². The lowest BCUT2D eigenvalue weighted by atomic mass is 10.1. The number of aromatic nitrogens is 1. The van der Waals surface area contributed by atoms with Gasteiger partial charge in [0.25, 0.3) is 0 Å². The minimum absolute atomic E-state index is 0.304. The van der Waals surface area contributed by atoms with Crippen LogP contribution in [0, 0.1) is 27.7 Å². The van der Waals surface area contributed by atoms with Crippen LogP contribution in [0.1, 0.15) is 39.7 Å². The first-order chi connectivity index (χ1) is 8.47. The summed E-state index contributed by atoms with van der Waals surface area (Å²) in [5.41, 5.74) is 4.97. The molecule has 0 spiro atoms. The maximum atomic E-state index is 4.48. The number of rotatable bonds is 3. The van der Waals surface area contributed by atoms with E-state index in [-0.39, 0.29) is 0 Å². The monoisotopic (exact) mass is 260 g/mol. The standard InChI is InChI=1S/C15H20N2S/c1-9-6-7-14(8-10(9)2)17-12(4)15-11(3)16-13(5)18-15/h6-8,12,17H,1-5H3. The second-order valence-corrected chi connectivity index (χ2v) is 6.08. The van der Waals surface area contributed by atoms with Crippen molar-refractivity contribution < 1.29 is 0 Å². The van der Waals surface area contributed by atoms with E-state index in [2.05, 4.69) is 63.1 Å². The van der Waals surface area contributed by atoms with Gasteiger partial charge in [-0.2, -0.15) is 0 Å². The van der Waals surface area contributed by atoms with Gasteiger partial charge in [-0.05, 0) is 57.9 Å². The second kappa shape index (κ2) is 5.11. The first-order valence-electron chi connectivity index (χ1n) is 6.25. The fourth-order valence-electron chi connectivity index (χ4n) is 2.10. The van der Waals surface area contributed by atoms with Gasteiger partial charge in [0.2, 0.25) is 0 Å². The number of hydrogen-bond donors (Lipinski definition) is 1. The zero-order valence-electron chi connectivity index (χ0n) is 11.7. The van der Waals surface area contributed by atoms with Gasteiger partial charge in [-0.25, -0.2) is 4.98 Å². The predicted molar refractivity (Wildman–Crippen MR) is 79.5 cm³/mol.